The largest absolute Gasteiger partial charge is 0.468 e. The van der Waals surface area contributed by atoms with Crippen LogP contribution in [0.15, 0.2) is 0 Å². The molecule has 0 atom stereocenters. The smallest absolute Gasteiger partial charge is 0.385 e. The number of aliphatic hydroxyl groups is 1. The van der Waals surface area contributed by atoms with Crippen LogP contribution in [0.5, 0.6) is 0 Å². The highest BCUT2D eigenvalue weighted by Crippen LogP contribution is 1.90. The Hall–Kier alpha value is -0.700. The SMILES string of the molecule is NOS(=O)(=O)OC(=O)CO. The van der Waals surface area contributed by atoms with Gasteiger partial charge in [0, 0.05) is 0 Å². The van der Waals surface area contributed by atoms with Gasteiger partial charge in [-0.05, 0) is 0 Å². The van der Waals surface area contributed by atoms with Crippen molar-refractivity contribution in [3.8, 4) is 0 Å². The molecule has 3 N–H and O–H groups in total. The van der Waals surface area contributed by atoms with Gasteiger partial charge in [-0.2, -0.15) is 18.6 Å². The number of nitrogens with two attached hydrogens (primary N) is 1. The Kier molecular flexibility index (Phi) is 3.22. The Labute approximate surface area is 56.6 Å². The molecule has 0 unspecified atom stereocenters. The summed E-state index contributed by atoms with van der Waals surface area (Å²) in [7, 11) is -4.46. The van der Waals surface area contributed by atoms with E-state index in [1.165, 1.54) is 0 Å². The molecular weight excluding hydrogens is 166 g/mol. The summed E-state index contributed by atoms with van der Waals surface area (Å²) in [6.45, 7) is -1.05. The van der Waals surface area contributed by atoms with Crippen molar-refractivity contribution >= 4 is 16.4 Å². The average molecular weight is 171 g/mol. The second-order valence-electron chi connectivity index (χ2n) is 1.12. The van der Waals surface area contributed by atoms with E-state index >= 15 is 0 Å². The fourth-order valence-electron chi connectivity index (χ4n) is 0.160. The normalized spacial score (nSPS) is 11.0. The van der Waals surface area contributed by atoms with Gasteiger partial charge in [-0.1, -0.05) is 0 Å². The molecule has 8 heteroatoms. The van der Waals surface area contributed by atoms with Crippen molar-refractivity contribution in [1.29, 1.82) is 0 Å². The van der Waals surface area contributed by atoms with Crippen LogP contribution in [0.3, 0.4) is 0 Å². The van der Waals surface area contributed by atoms with Crippen molar-refractivity contribution in [3.63, 3.8) is 0 Å². The van der Waals surface area contributed by atoms with Crippen molar-refractivity contribution in [3.05, 3.63) is 0 Å². The molecule has 0 spiro atoms. The van der Waals surface area contributed by atoms with Crippen LogP contribution >= 0.6 is 0 Å². The van der Waals surface area contributed by atoms with E-state index in [-0.39, 0.29) is 0 Å². The van der Waals surface area contributed by atoms with Crippen LogP contribution in [-0.4, -0.2) is 26.1 Å². The van der Waals surface area contributed by atoms with Gasteiger partial charge in [0.05, 0.1) is 0 Å². The molecule has 0 amide bonds. The van der Waals surface area contributed by atoms with Crippen LogP contribution < -0.4 is 5.90 Å². The first-order valence-corrected chi connectivity index (χ1v) is 3.31. The molecule has 0 bridgehead atoms. The molecule has 60 valence electrons. The zero-order valence-electron chi connectivity index (χ0n) is 4.68. The zero-order valence-corrected chi connectivity index (χ0v) is 5.50. The van der Waals surface area contributed by atoms with Gasteiger partial charge < -0.3 is 9.29 Å². The highest BCUT2D eigenvalue weighted by Gasteiger charge is 2.15. The molecule has 0 heterocycles. The molecule has 10 heavy (non-hydrogen) atoms. The van der Waals surface area contributed by atoms with E-state index in [9.17, 15) is 13.2 Å². The van der Waals surface area contributed by atoms with Crippen molar-refractivity contribution in [2.75, 3.05) is 6.61 Å². The predicted molar refractivity (Wildman–Crippen MR) is 27.4 cm³/mol. The van der Waals surface area contributed by atoms with Gasteiger partial charge in [0.1, 0.15) is 6.61 Å². The summed E-state index contributed by atoms with van der Waals surface area (Å²) in [6, 6.07) is 0. The fourth-order valence-corrected chi connectivity index (χ4v) is 0.479. The van der Waals surface area contributed by atoms with E-state index < -0.39 is 23.0 Å². The second kappa shape index (κ2) is 3.46. The maximum Gasteiger partial charge on any atom is 0.468 e. The molecule has 0 aliphatic rings. The first-order valence-electron chi connectivity index (χ1n) is 1.98. The lowest BCUT2D eigenvalue weighted by atomic mass is 10.8. The first-order chi connectivity index (χ1) is 4.52. The van der Waals surface area contributed by atoms with Crippen molar-refractivity contribution in [2.45, 2.75) is 0 Å². The number of carbonyl (C=O) groups is 1. The molecule has 0 aromatic heterocycles. The highest BCUT2D eigenvalue weighted by molar-refractivity contribution is 7.82. The Morgan fingerprint density at radius 2 is 2.10 bits per heavy atom. The molecule has 0 aromatic rings. The minimum absolute atomic E-state index is 1.05. The topological polar surface area (TPSA) is 116 Å². The van der Waals surface area contributed by atoms with Crippen LogP contribution in [0.1, 0.15) is 0 Å². The number of hydrogen-bond acceptors (Lipinski definition) is 7. The molecule has 0 aromatic carbocycles. The minimum atomic E-state index is -4.46. The standard InChI is InChI=1S/C2H5NO6S/c3-9-10(6,7)8-2(5)1-4/h4H,1,3H2. The Morgan fingerprint density at radius 3 is 2.40 bits per heavy atom. The van der Waals surface area contributed by atoms with Gasteiger partial charge in [-0.25, -0.2) is 4.79 Å². The quantitative estimate of drug-likeness (QED) is 0.457. The summed E-state index contributed by atoms with van der Waals surface area (Å²) >= 11 is 0. The maximum atomic E-state index is 10.1. The molecule has 0 aliphatic heterocycles. The first kappa shape index (κ1) is 9.30. The van der Waals surface area contributed by atoms with Gasteiger partial charge in [0.2, 0.25) is 0 Å². The maximum absolute atomic E-state index is 10.1. The van der Waals surface area contributed by atoms with Gasteiger partial charge in [-0.3, -0.25) is 0 Å². The minimum Gasteiger partial charge on any atom is -0.385 e. The lowest BCUT2D eigenvalue weighted by Crippen LogP contribution is -2.20. The summed E-state index contributed by atoms with van der Waals surface area (Å²) in [6.07, 6.45) is 0. The van der Waals surface area contributed by atoms with Crippen LogP contribution in [0.2, 0.25) is 0 Å². The summed E-state index contributed by atoms with van der Waals surface area (Å²) in [5.41, 5.74) is 0. The fraction of sp³-hybridized carbons (Fsp3) is 0.500. The van der Waals surface area contributed by atoms with Crippen LogP contribution in [0, 0.1) is 0 Å². The lowest BCUT2D eigenvalue weighted by Gasteiger charge is -1.97. The third-order valence-electron chi connectivity index (χ3n) is 0.442. The summed E-state index contributed by atoms with van der Waals surface area (Å²) in [5.74, 6) is 2.81. The molecule has 0 saturated heterocycles. The lowest BCUT2D eigenvalue weighted by molar-refractivity contribution is -0.137. The van der Waals surface area contributed by atoms with E-state index in [1.54, 1.807) is 0 Å². The average Bonchev–Trinajstić information content (AvgIpc) is 1.87. The zero-order chi connectivity index (χ0) is 8.20. The Balaban J connectivity index is 4.03. The van der Waals surface area contributed by atoms with E-state index in [0.717, 1.165) is 0 Å². The summed E-state index contributed by atoms with van der Waals surface area (Å²) in [5, 5.41) is 7.96. The van der Waals surface area contributed by atoms with Crippen molar-refractivity contribution < 1.29 is 26.8 Å². The van der Waals surface area contributed by atoms with E-state index in [0.29, 0.717) is 0 Å². The highest BCUT2D eigenvalue weighted by atomic mass is 32.3. The molecule has 0 aliphatic carbocycles. The second-order valence-corrected chi connectivity index (χ2v) is 2.29. The molecule has 0 radical (unpaired) electrons. The number of carbonyl (C=O) groups excluding carboxylic acids is 1. The van der Waals surface area contributed by atoms with E-state index in [2.05, 4.69) is 14.4 Å². The number of aliphatic hydroxyl groups excluding tert-OH is 1. The molecule has 0 saturated carbocycles. The third-order valence-corrected chi connectivity index (χ3v) is 1.07. The van der Waals surface area contributed by atoms with Crippen molar-refractivity contribution in [1.82, 2.24) is 0 Å². The summed E-state index contributed by atoms with van der Waals surface area (Å²) in [4.78, 5) is 10.00. The Morgan fingerprint density at radius 1 is 1.60 bits per heavy atom. The third kappa shape index (κ3) is 3.35. The van der Waals surface area contributed by atoms with Crippen molar-refractivity contribution in [2.24, 2.45) is 5.90 Å². The van der Waals surface area contributed by atoms with Gasteiger partial charge in [-0.15, -0.1) is 0 Å². The summed E-state index contributed by atoms with van der Waals surface area (Å²) < 4.78 is 26.8. The molecule has 0 fully saturated rings. The molecule has 7 nitrogen and oxygen atoms in total. The van der Waals surface area contributed by atoms with E-state index in [1.807, 2.05) is 0 Å². The molecular formula is C2H5NO6S. The Bertz CT molecular complexity index is 206. The van der Waals surface area contributed by atoms with Crippen LogP contribution in [0.4, 0.5) is 0 Å². The number of hydrogen-bond donors (Lipinski definition) is 2. The van der Waals surface area contributed by atoms with Gasteiger partial charge >= 0.3 is 16.4 Å². The van der Waals surface area contributed by atoms with Crippen LogP contribution in [0.25, 0.3) is 0 Å². The monoisotopic (exact) mass is 171 g/mol. The predicted octanol–water partition coefficient (Wildman–Crippen LogP) is -2.34. The van der Waals surface area contributed by atoms with Gasteiger partial charge in [0.15, 0.2) is 0 Å². The number of rotatable bonds is 3. The van der Waals surface area contributed by atoms with E-state index in [4.69, 9.17) is 5.11 Å². The molecule has 0 rings (SSSR count). The van der Waals surface area contributed by atoms with Gasteiger partial charge in [0.25, 0.3) is 0 Å². The van der Waals surface area contributed by atoms with Crippen LogP contribution in [-0.2, 0) is 23.7 Å².